The third-order valence-corrected chi connectivity index (χ3v) is 6.60. The van der Waals surface area contributed by atoms with Gasteiger partial charge in [-0.1, -0.05) is 38.8 Å². The van der Waals surface area contributed by atoms with Gasteiger partial charge in [0.1, 0.15) is 18.1 Å². The number of guanidine groups is 1. The molecule has 32 heavy (non-hydrogen) atoms. The van der Waals surface area contributed by atoms with Crippen LogP contribution in [-0.2, 0) is 20.0 Å². The van der Waals surface area contributed by atoms with E-state index in [1.54, 1.807) is 7.11 Å². The molecule has 178 valence electrons. The van der Waals surface area contributed by atoms with Gasteiger partial charge in [0.25, 0.3) is 0 Å². The molecule has 0 unspecified atom stereocenters. The number of nitrogens with one attached hydrogen (secondary N) is 2. The van der Waals surface area contributed by atoms with Gasteiger partial charge in [0.15, 0.2) is 11.8 Å². The standard InChI is InChI=1S/C24H38N6O.HI/c1-18-28-29-22(30(18)4)16-26-23(27-17-24(2,3)20-8-6-7-9-20)25-15-14-19-10-12-21(31-5)13-11-19;/h10-13,20H,6-9,14-17H2,1-5H3,(H2,25,26,27);1H. The molecular formula is C24H39IN6O. The SMILES string of the molecule is COc1ccc(CCNC(=NCc2nnc(C)n2C)NCC(C)(C)C2CCCC2)cc1.I. The number of rotatable bonds is 9. The molecule has 0 bridgehead atoms. The summed E-state index contributed by atoms with van der Waals surface area (Å²) in [6, 6.07) is 8.22. The summed E-state index contributed by atoms with van der Waals surface area (Å²) in [5, 5.41) is 15.5. The van der Waals surface area contributed by atoms with Crippen LogP contribution in [0.3, 0.4) is 0 Å². The maximum Gasteiger partial charge on any atom is 0.191 e. The van der Waals surface area contributed by atoms with E-state index in [9.17, 15) is 0 Å². The molecule has 3 rings (SSSR count). The number of ether oxygens (including phenoxy) is 1. The molecule has 2 N–H and O–H groups in total. The number of aryl methyl sites for hydroxylation is 1. The summed E-state index contributed by atoms with van der Waals surface area (Å²) in [6.07, 6.45) is 6.32. The van der Waals surface area contributed by atoms with Gasteiger partial charge in [0.2, 0.25) is 0 Å². The third kappa shape index (κ3) is 7.35. The Hall–Kier alpha value is -1.84. The van der Waals surface area contributed by atoms with Crippen molar-refractivity contribution < 1.29 is 4.74 Å². The molecule has 1 aromatic heterocycles. The summed E-state index contributed by atoms with van der Waals surface area (Å²) in [6.45, 7) is 8.91. The first kappa shape index (κ1) is 26.4. The van der Waals surface area contributed by atoms with E-state index in [1.807, 2.05) is 30.7 Å². The van der Waals surface area contributed by atoms with Crippen LogP contribution in [-0.4, -0.2) is 40.9 Å². The molecule has 2 aromatic rings. The minimum Gasteiger partial charge on any atom is -0.497 e. The van der Waals surface area contributed by atoms with Crippen LogP contribution in [0.25, 0.3) is 0 Å². The maximum absolute atomic E-state index is 5.25. The molecule has 0 atom stereocenters. The molecule has 1 heterocycles. The molecule has 0 saturated heterocycles. The van der Waals surface area contributed by atoms with Gasteiger partial charge < -0.3 is 19.9 Å². The molecule has 7 nitrogen and oxygen atoms in total. The molecule has 0 radical (unpaired) electrons. The topological polar surface area (TPSA) is 76.4 Å². The average Bonchev–Trinajstić information content (AvgIpc) is 3.42. The minimum absolute atomic E-state index is 0. The molecule has 1 saturated carbocycles. The van der Waals surface area contributed by atoms with Crippen molar-refractivity contribution in [2.45, 2.75) is 59.4 Å². The number of aromatic nitrogens is 3. The minimum atomic E-state index is 0. The Morgan fingerprint density at radius 2 is 1.84 bits per heavy atom. The lowest BCUT2D eigenvalue weighted by Gasteiger charge is -2.32. The van der Waals surface area contributed by atoms with Crippen molar-refractivity contribution in [3.8, 4) is 5.75 Å². The molecule has 1 aliphatic carbocycles. The van der Waals surface area contributed by atoms with Crippen molar-refractivity contribution in [2.75, 3.05) is 20.2 Å². The highest BCUT2D eigenvalue weighted by atomic mass is 127. The number of nitrogens with zero attached hydrogens (tertiary/aromatic N) is 4. The number of methoxy groups -OCH3 is 1. The second kappa shape index (κ2) is 12.4. The Kier molecular flexibility index (Phi) is 10.2. The first-order valence-corrected chi connectivity index (χ1v) is 11.4. The largest absolute Gasteiger partial charge is 0.497 e. The number of aliphatic imine (C=N–C) groups is 1. The van der Waals surface area contributed by atoms with Gasteiger partial charge in [-0.15, -0.1) is 34.2 Å². The van der Waals surface area contributed by atoms with Gasteiger partial charge in [0, 0.05) is 20.1 Å². The first-order valence-electron chi connectivity index (χ1n) is 11.4. The van der Waals surface area contributed by atoms with Crippen LogP contribution in [0, 0.1) is 18.3 Å². The fourth-order valence-electron chi connectivity index (χ4n) is 4.19. The van der Waals surface area contributed by atoms with E-state index in [4.69, 9.17) is 9.73 Å². The summed E-state index contributed by atoms with van der Waals surface area (Å²) >= 11 is 0. The van der Waals surface area contributed by atoms with Gasteiger partial charge in [0.05, 0.1) is 7.11 Å². The third-order valence-electron chi connectivity index (χ3n) is 6.60. The Balaban J connectivity index is 0.00000363. The zero-order valence-corrected chi connectivity index (χ0v) is 22.5. The lowest BCUT2D eigenvalue weighted by atomic mass is 9.78. The van der Waals surface area contributed by atoms with E-state index >= 15 is 0 Å². The summed E-state index contributed by atoms with van der Waals surface area (Å²) in [4.78, 5) is 4.81. The highest BCUT2D eigenvalue weighted by Crippen LogP contribution is 2.38. The summed E-state index contributed by atoms with van der Waals surface area (Å²) in [5.74, 6) is 4.26. The molecule has 1 fully saturated rings. The quantitative estimate of drug-likeness (QED) is 0.276. The lowest BCUT2D eigenvalue weighted by molar-refractivity contribution is 0.218. The smallest absolute Gasteiger partial charge is 0.191 e. The monoisotopic (exact) mass is 554 g/mol. The van der Waals surface area contributed by atoms with E-state index in [0.29, 0.717) is 6.54 Å². The van der Waals surface area contributed by atoms with Crippen LogP contribution in [0.2, 0.25) is 0 Å². The predicted octanol–water partition coefficient (Wildman–Crippen LogP) is 4.24. The van der Waals surface area contributed by atoms with E-state index in [-0.39, 0.29) is 29.4 Å². The van der Waals surface area contributed by atoms with Gasteiger partial charge in [-0.2, -0.15) is 0 Å². The van der Waals surface area contributed by atoms with Crippen LogP contribution in [0.1, 0.15) is 56.7 Å². The van der Waals surface area contributed by atoms with Gasteiger partial charge in [-0.25, -0.2) is 4.99 Å². The zero-order valence-electron chi connectivity index (χ0n) is 20.1. The van der Waals surface area contributed by atoms with Crippen LogP contribution in [0.4, 0.5) is 0 Å². The van der Waals surface area contributed by atoms with Crippen molar-refractivity contribution in [3.05, 3.63) is 41.5 Å². The molecule has 1 aliphatic rings. The molecule has 0 aliphatic heterocycles. The second-order valence-electron chi connectivity index (χ2n) is 9.24. The number of halogens is 1. The second-order valence-corrected chi connectivity index (χ2v) is 9.24. The molecule has 0 amide bonds. The summed E-state index contributed by atoms with van der Waals surface area (Å²) in [7, 11) is 3.67. The Morgan fingerprint density at radius 1 is 1.16 bits per heavy atom. The van der Waals surface area contributed by atoms with Crippen LogP contribution in [0.15, 0.2) is 29.3 Å². The Bertz CT molecular complexity index is 856. The van der Waals surface area contributed by atoms with E-state index in [2.05, 4.69) is 46.8 Å². The van der Waals surface area contributed by atoms with Gasteiger partial charge in [-0.3, -0.25) is 0 Å². The van der Waals surface area contributed by atoms with Crippen molar-refractivity contribution in [3.63, 3.8) is 0 Å². The molecule has 0 spiro atoms. The molecule has 1 aromatic carbocycles. The van der Waals surface area contributed by atoms with Crippen molar-refractivity contribution in [1.82, 2.24) is 25.4 Å². The molecule has 8 heteroatoms. The normalized spacial score (nSPS) is 14.8. The van der Waals surface area contributed by atoms with Crippen LogP contribution < -0.4 is 15.4 Å². The molecular weight excluding hydrogens is 515 g/mol. The first-order chi connectivity index (χ1) is 14.9. The highest BCUT2D eigenvalue weighted by Gasteiger charge is 2.31. The van der Waals surface area contributed by atoms with Crippen molar-refractivity contribution in [1.29, 1.82) is 0 Å². The highest BCUT2D eigenvalue weighted by molar-refractivity contribution is 14.0. The number of hydrogen-bond acceptors (Lipinski definition) is 4. The Labute approximate surface area is 209 Å². The summed E-state index contributed by atoms with van der Waals surface area (Å²) < 4.78 is 7.23. The zero-order chi connectivity index (χ0) is 22.3. The number of hydrogen-bond donors (Lipinski definition) is 2. The van der Waals surface area contributed by atoms with Crippen LogP contribution >= 0.6 is 24.0 Å². The average molecular weight is 555 g/mol. The fraction of sp³-hybridized carbons (Fsp3) is 0.625. The van der Waals surface area contributed by atoms with Gasteiger partial charge in [-0.05, 0) is 55.2 Å². The van der Waals surface area contributed by atoms with Crippen molar-refractivity contribution in [2.24, 2.45) is 23.4 Å². The summed E-state index contributed by atoms with van der Waals surface area (Å²) in [5.41, 5.74) is 1.51. The lowest BCUT2D eigenvalue weighted by Crippen LogP contribution is -2.44. The fourth-order valence-corrected chi connectivity index (χ4v) is 4.19. The number of benzene rings is 1. The van der Waals surface area contributed by atoms with E-state index in [1.165, 1.54) is 31.2 Å². The predicted molar refractivity (Wildman–Crippen MR) is 141 cm³/mol. The maximum atomic E-state index is 5.25. The van der Waals surface area contributed by atoms with Gasteiger partial charge >= 0.3 is 0 Å². The van der Waals surface area contributed by atoms with Crippen LogP contribution in [0.5, 0.6) is 5.75 Å². The Morgan fingerprint density at radius 3 is 2.44 bits per heavy atom. The van der Waals surface area contributed by atoms with Crippen molar-refractivity contribution >= 4 is 29.9 Å². The van der Waals surface area contributed by atoms with E-state index < -0.39 is 0 Å². The van der Waals surface area contributed by atoms with E-state index in [0.717, 1.165) is 48.8 Å².